The first kappa shape index (κ1) is 15.4. The van der Waals surface area contributed by atoms with Crippen LogP contribution in [0.1, 0.15) is 36.4 Å². The third kappa shape index (κ3) is 3.07. The summed E-state index contributed by atoms with van der Waals surface area (Å²) < 4.78 is 11.3. The molecule has 0 saturated heterocycles. The number of hydrogen-bond donors (Lipinski definition) is 1. The number of rotatable bonds is 5. The number of thiophene rings is 1. The monoisotopic (exact) mass is 341 g/mol. The van der Waals surface area contributed by atoms with Gasteiger partial charge in [-0.3, -0.25) is 0 Å². The van der Waals surface area contributed by atoms with Crippen LogP contribution in [0.4, 0.5) is 0 Å². The summed E-state index contributed by atoms with van der Waals surface area (Å²) in [5, 5.41) is 6.15. The van der Waals surface area contributed by atoms with Crippen molar-refractivity contribution in [2.45, 2.75) is 37.8 Å². The Bertz CT molecular complexity index is 807. The number of hydrogen-bond acceptors (Lipinski definition) is 6. The molecule has 2 aromatic heterocycles. The maximum Gasteiger partial charge on any atom is 0.258 e. The highest BCUT2D eigenvalue weighted by atomic mass is 32.1. The summed E-state index contributed by atoms with van der Waals surface area (Å²) in [4.78, 5) is 5.72. The zero-order chi connectivity index (χ0) is 16.4. The summed E-state index contributed by atoms with van der Waals surface area (Å²) in [5.41, 5.74) is 6.81. The minimum absolute atomic E-state index is 0.435. The highest BCUT2D eigenvalue weighted by Crippen LogP contribution is 2.35. The molecule has 4 rings (SSSR count). The summed E-state index contributed by atoms with van der Waals surface area (Å²) in [6.45, 7) is 0.558. The van der Waals surface area contributed by atoms with Crippen molar-refractivity contribution in [3.05, 3.63) is 52.5 Å². The van der Waals surface area contributed by atoms with Crippen LogP contribution in [0.25, 0.3) is 11.5 Å². The molecule has 0 radical (unpaired) electrons. The van der Waals surface area contributed by atoms with E-state index in [2.05, 4.69) is 16.2 Å². The van der Waals surface area contributed by atoms with Crippen LogP contribution in [0.3, 0.4) is 0 Å². The summed E-state index contributed by atoms with van der Waals surface area (Å²) in [6, 6.07) is 11.8. The van der Waals surface area contributed by atoms with E-state index >= 15 is 0 Å². The summed E-state index contributed by atoms with van der Waals surface area (Å²) in [6.07, 6.45) is 4.06. The van der Waals surface area contributed by atoms with Crippen molar-refractivity contribution in [3.63, 3.8) is 0 Å². The summed E-state index contributed by atoms with van der Waals surface area (Å²) in [5.74, 6) is 1.88. The molecule has 1 aromatic carbocycles. The SMILES string of the molecule is NC1(c2noc(-c3cccc(OCc4cccs4)c3)n2)CCCC1. The van der Waals surface area contributed by atoms with Crippen molar-refractivity contribution in [3.8, 4) is 17.2 Å². The Hall–Kier alpha value is -2.18. The van der Waals surface area contributed by atoms with E-state index in [1.54, 1.807) is 11.3 Å². The molecule has 0 spiro atoms. The number of nitrogens with zero attached hydrogens (tertiary/aromatic N) is 2. The third-order valence-corrected chi connectivity index (χ3v) is 5.26. The molecule has 6 heteroatoms. The standard InChI is InChI=1S/C18H19N3O2S/c19-18(8-1-2-9-18)17-20-16(23-21-17)13-5-3-6-14(11-13)22-12-15-7-4-10-24-15/h3-7,10-11H,1-2,8-9,12,19H2. The minimum atomic E-state index is -0.435. The number of nitrogens with two attached hydrogens (primary N) is 1. The van der Waals surface area contributed by atoms with Crippen molar-refractivity contribution >= 4 is 11.3 Å². The van der Waals surface area contributed by atoms with Crippen LogP contribution in [-0.4, -0.2) is 10.1 Å². The number of benzene rings is 1. The zero-order valence-corrected chi connectivity index (χ0v) is 14.1. The predicted octanol–water partition coefficient (Wildman–Crippen LogP) is 4.11. The molecule has 1 aliphatic carbocycles. The van der Waals surface area contributed by atoms with Crippen LogP contribution in [-0.2, 0) is 12.1 Å². The van der Waals surface area contributed by atoms with Gasteiger partial charge in [-0.05, 0) is 42.5 Å². The zero-order valence-electron chi connectivity index (χ0n) is 13.3. The lowest BCUT2D eigenvalue weighted by molar-refractivity contribution is 0.310. The fourth-order valence-corrected chi connectivity index (χ4v) is 3.66. The van der Waals surface area contributed by atoms with E-state index in [1.165, 1.54) is 4.88 Å². The lowest BCUT2D eigenvalue weighted by Crippen LogP contribution is -2.34. The number of aromatic nitrogens is 2. The Kier molecular flexibility index (Phi) is 4.08. The molecule has 124 valence electrons. The molecule has 1 saturated carbocycles. The largest absolute Gasteiger partial charge is 0.488 e. The van der Waals surface area contributed by atoms with Gasteiger partial charge in [-0.25, -0.2) is 0 Å². The number of ether oxygens (including phenoxy) is 1. The average molecular weight is 341 g/mol. The molecular formula is C18H19N3O2S. The molecule has 1 aliphatic rings. The van der Waals surface area contributed by atoms with Gasteiger partial charge in [0.25, 0.3) is 5.89 Å². The fourth-order valence-electron chi connectivity index (χ4n) is 3.04. The molecule has 5 nitrogen and oxygen atoms in total. The van der Waals surface area contributed by atoms with Crippen LogP contribution >= 0.6 is 11.3 Å². The van der Waals surface area contributed by atoms with Crippen LogP contribution in [0, 0.1) is 0 Å². The lowest BCUT2D eigenvalue weighted by Gasteiger charge is -2.17. The molecule has 0 amide bonds. The Morgan fingerprint density at radius 2 is 2.08 bits per heavy atom. The Morgan fingerprint density at radius 1 is 1.21 bits per heavy atom. The van der Waals surface area contributed by atoms with E-state index in [0.29, 0.717) is 18.3 Å². The second-order valence-corrected chi connectivity index (χ2v) is 7.21. The smallest absolute Gasteiger partial charge is 0.258 e. The molecule has 3 aromatic rings. The molecule has 2 heterocycles. The van der Waals surface area contributed by atoms with Gasteiger partial charge in [0.15, 0.2) is 5.82 Å². The summed E-state index contributed by atoms with van der Waals surface area (Å²) in [7, 11) is 0. The van der Waals surface area contributed by atoms with Gasteiger partial charge < -0.3 is 15.0 Å². The topological polar surface area (TPSA) is 74.2 Å². The fraction of sp³-hybridized carbons (Fsp3) is 0.333. The Labute approximate surface area is 144 Å². The van der Waals surface area contributed by atoms with Crippen molar-refractivity contribution in [1.82, 2.24) is 10.1 Å². The minimum Gasteiger partial charge on any atom is -0.488 e. The first-order valence-corrected chi connectivity index (χ1v) is 9.00. The van der Waals surface area contributed by atoms with E-state index in [1.807, 2.05) is 35.7 Å². The molecule has 0 bridgehead atoms. The molecule has 0 atom stereocenters. The first-order valence-electron chi connectivity index (χ1n) is 8.12. The van der Waals surface area contributed by atoms with Gasteiger partial charge in [-0.1, -0.05) is 30.1 Å². The van der Waals surface area contributed by atoms with E-state index in [-0.39, 0.29) is 0 Å². The van der Waals surface area contributed by atoms with Gasteiger partial charge in [0.05, 0.1) is 5.54 Å². The van der Waals surface area contributed by atoms with Gasteiger partial charge in [0.2, 0.25) is 0 Å². The molecule has 2 N–H and O–H groups in total. The van der Waals surface area contributed by atoms with Gasteiger partial charge in [0, 0.05) is 10.4 Å². The van der Waals surface area contributed by atoms with E-state index in [4.69, 9.17) is 15.0 Å². The normalized spacial score (nSPS) is 16.4. The second kappa shape index (κ2) is 6.37. The average Bonchev–Trinajstić information content (AvgIpc) is 3.35. The van der Waals surface area contributed by atoms with Crippen molar-refractivity contribution in [1.29, 1.82) is 0 Å². The van der Waals surface area contributed by atoms with E-state index < -0.39 is 5.54 Å². The second-order valence-electron chi connectivity index (χ2n) is 6.18. The van der Waals surface area contributed by atoms with Crippen LogP contribution < -0.4 is 10.5 Å². The quantitative estimate of drug-likeness (QED) is 0.756. The first-order chi connectivity index (χ1) is 11.7. The van der Waals surface area contributed by atoms with Crippen LogP contribution in [0.5, 0.6) is 5.75 Å². The highest BCUT2D eigenvalue weighted by Gasteiger charge is 2.36. The summed E-state index contributed by atoms with van der Waals surface area (Å²) >= 11 is 1.68. The van der Waals surface area contributed by atoms with Crippen molar-refractivity contribution < 1.29 is 9.26 Å². The molecule has 24 heavy (non-hydrogen) atoms. The molecule has 0 aliphatic heterocycles. The molecular weight excluding hydrogens is 322 g/mol. The van der Waals surface area contributed by atoms with E-state index in [9.17, 15) is 0 Å². The third-order valence-electron chi connectivity index (χ3n) is 4.41. The molecule has 0 unspecified atom stereocenters. The Morgan fingerprint density at radius 3 is 2.88 bits per heavy atom. The maximum atomic E-state index is 6.40. The van der Waals surface area contributed by atoms with Crippen molar-refractivity contribution in [2.24, 2.45) is 5.73 Å². The van der Waals surface area contributed by atoms with Gasteiger partial charge in [-0.2, -0.15) is 4.98 Å². The Balaban J connectivity index is 1.52. The van der Waals surface area contributed by atoms with Crippen LogP contribution in [0.2, 0.25) is 0 Å². The van der Waals surface area contributed by atoms with Crippen LogP contribution in [0.15, 0.2) is 46.3 Å². The van der Waals surface area contributed by atoms with Gasteiger partial charge >= 0.3 is 0 Å². The van der Waals surface area contributed by atoms with Gasteiger partial charge in [-0.15, -0.1) is 11.3 Å². The predicted molar refractivity (Wildman–Crippen MR) is 92.7 cm³/mol. The van der Waals surface area contributed by atoms with Crippen molar-refractivity contribution in [2.75, 3.05) is 0 Å². The lowest BCUT2D eigenvalue weighted by atomic mass is 9.99. The van der Waals surface area contributed by atoms with E-state index in [0.717, 1.165) is 37.0 Å². The maximum absolute atomic E-state index is 6.40. The van der Waals surface area contributed by atoms with Gasteiger partial charge in [0.1, 0.15) is 12.4 Å². The highest BCUT2D eigenvalue weighted by molar-refractivity contribution is 7.09. The molecule has 1 fully saturated rings.